The summed E-state index contributed by atoms with van der Waals surface area (Å²) in [4.78, 5) is 16.9. The number of rotatable bonds is 5. The van der Waals surface area contributed by atoms with Gasteiger partial charge < -0.3 is 19.4 Å². The van der Waals surface area contributed by atoms with Crippen LogP contribution in [0.3, 0.4) is 0 Å². The fourth-order valence-corrected chi connectivity index (χ4v) is 3.35. The largest absolute Gasteiger partial charge is 0.497 e. The highest BCUT2D eigenvalue weighted by molar-refractivity contribution is 5.79. The van der Waals surface area contributed by atoms with Crippen LogP contribution in [0, 0.1) is 0 Å². The van der Waals surface area contributed by atoms with Gasteiger partial charge in [-0.1, -0.05) is 30.3 Å². The summed E-state index contributed by atoms with van der Waals surface area (Å²) in [6.07, 6.45) is 0.375. The molecule has 1 aliphatic rings. The Labute approximate surface area is 151 Å². The van der Waals surface area contributed by atoms with Crippen molar-refractivity contribution in [3.05, 3.63) is 59.9 Å². The molecule has 6 nitrogen and oxygen atoms in total. The molecule has 4 rings (SSSR count). The maximum atomic E-state index is 12.3. The molecule has 0 saturated carbocycles. The van der Waals surface area contributed by atoms with Crippen molar-refractivity contribution < 1.29 is 14.3 Å². The average Bonchev–Trinajstić information content (AvgIpc) is 3.05. The van der Waals surface area contributed by atoms with E-state index < -0.39 is 0 Å². The lowest BCUT2D eigenvalue weighted by Crippen LogP contribution is -2.36. The van der Waals surface area contributed by atoms with Crippen LogP contribution >= 0.6 is 0 Å². The van der Waals surface area contributed by atoms with Crippen LogP contribution in [0.25, 0.3) is 11.0 Å². The van der Waals surface area contributed by atoms with E-state index in [2.05, 4.69) is 14.9 Å². The van der Waals surface area contributed by atoms with Crippen molar-refractivity contribution in [2.75, 3.05) is 20.3 Å². The molecule has 3 aromatic rings. The van der Waals surface area contributed by atoms with Gasteiger partial charge in [0.1, 0.15) is 18.2 Å². The fraction of sp³-hybridized carbons (Fsp3) is 0.300. The van der Waals surface area contributed by atoms with Crippen molar-refractivity contribution >= 4 is 16.9 Å². The van der Waals surface area contributed by atoms with Crippen LogP contribution in [-0.2, 0) is 22.6 Å². The molecule has 1 N–H and O–H groups in total. The summed E-state index contributed by atoms with van der Waals surface area (Å²) in [7, 11) is 1.65. The van der Waals surface area contributed by atoms with Gasteiger partial charge >= 0.3 is 0 Å². The highest BCUT2D eigenvalue weighted by atomic mass is 16.5. The first kappa shape index (κ1) is 16.6. The second kappa shape index (κ2) is 7.17. The number of benzene rings is 2. The van der Waals surface area contributed by atoms with Gasteiger partial charge in [0.05, 0.1) is 37.2 Å². The molecule has 0 aliphatic carbocycles. The minimum absolute atomic E-state index is 0.00493. The number of amides is 1. The molecule has 0 radical (unpaired) electrons. The first-order valence-corrected chi connectivity index (χ1v) is 8.68. The Morgan fingerprint density at radius 1 is 1.31 bits per heavy atom. The standard InChI is InChI=1S/C20H21N3O3/c1-25-16-7-8-17-18(10-16)23-15(12-26-13-19(23)22-17)11-21-20(24)9-14-5-3-2-4-6-14/h2-8,10,15H,9,11-13H2,1H3,(H,21,24)/t15-/m0/s1. The van der Waals surface area contributed by atoms with E-state index in [1.807, 2.05) is 48.5 Å². The van der Waals surface area contributed by atoms with E-state index in [4.69, 9.17) is 9.47 Å². The minimum Gasteiger partial charge on any atom is -0.497 e. The van der Waals surface area contributed by atoms with E-state index in [0.717, 1.165) is 28.2 Å². The molecule has 1 aliphatic heterocycles. The van der Waals surface area contributed by atoms with E-state index in [1.54, 1.807) is 7.11 Å². The average molecular weight is 351 g/mol. The van der Waals surface area contributed by atoms with Crippen LogP contribution in [0.4, 0.5) is 0 Å². The Morgan fingerprint density at radius 3 is 2.96 bits per heavy atom. The summed E-state index contributed by atoms with van der Waals surface area (Å²) in [5, 5.41) is 3.03. The van der Waals surface area contributed by atoms with Gasteiger partial charge in [0, 0.05) is 12.6 Å². The second-order valence-corrected chi connectivity index (χ2v) is 6.39. The zero-order valence-corrected chi connectivity index (χ0v) is 14.6. The fourth-order valence-electron chi connectivity index (χ4n) is 3.35. The lowest BCUT2D eigenvalue weighted by molar-refractivity contribution is -0.120. The Morgan fingerprint density at radius 2 is 2.15 bits per heavy atom. The summed E-state index contributed by atoms with van der Waals surface area (Å²) in [5.41, 5.74) is 2.92. The van der Waals surface area contributed by atoms with Crippen molar-refractivity contribution in [3.8, 4) is 5.75 Å². The zero-order valence-electron chi connectivity index (χ0n) is 14.6. The van der Waals surface area contributed by atoms with Gasteiger partial charge in [-0.05, 0) is 17.7 Å². The summed E-state index contributed by atoms with van der Waals surface area (Å²) in [6.45, 7) is 1.52. The molecule has 1 atom stereocenters. The summed E-state index contributed by atoms with van der Waals surface area (Å²) in [5.74, 6) is 1.67. The highest BCUT2D eigenvalue weighted by Gasteiger charge is 2.24. The monoisotopic (exact) mass is 351 g/mol. The number of hydrogen-bond acceptors (Lipinski definition) is 4. The van der Waals surface area contributed by atoms with Gasteiger partial charge in [0.25, 0.3) is 0 Å². The van der Waals surface area contributed by atoms with E-state index in [-0.39, 0.29) is 11.9 Å². The SMILES string of the molecule is COc1ccc2nc3n(c2c1)[C@@H](CNC(=O)Cc1ccccc1)COC3. The third-order valence-corrected chi connectivity index (χ3v) is 4.62. The molecule has 26 heavy (non-hydrogen) atoms. The third-order valence-electron chi connectivity index (χ3n) is 4.62. The van der Waals surface area contributed by atoms with Gasteiger partial charge in [-0.2, -0.15) is 0 Å². The Hall–Kier alpha value is -2.86. The zero-order chi connectivity index (χ0) is 17.9. The number of carbonyl (C=O) groups is 1. The van der Waals surface area contributed by atoms with Gasteiger partial charge in [-0.3, -0.25) is 4.79 Å². The molecule has 2 aromatic carbocycles. The maximum Gasteiger partial charge on any atom is 0.224 e. The van der Waals surface area contributed by atoms with Gasteiger partial charge in [-0.25, -0.2) is 4.98 Å². The number of methoxy groups -OCH3 is 1. The van der Waals surface area contributed by atoms with Crippen LogP contribution in [-0.4, -0.2) is 35.7 Å². The smallest absolute Gasteiger partial charge is 0.224 e. The first-order valence-electron chi connectivity index (χ1n) is 8.68. The lowest BCUT2D eigenvalue weighted by atomic mass is 10.1. The molecule has 1 amide bonds. The lowest BCUT2D eigenvalue weighted by Gasteiger charge is -2.26. The Kier molecular flexibility index (Phi) is 4.58. The minimum atomic E-state index is 0.00493. The van der Waals surface area contributed by atoms with Crippen LogP contribution in [0.2, 0.25) is 0 Å². The molecule has 0 spiro atoms. The van der Waals surface area contributed by atoms with Gasteiger partial charge in [0.15, 0.2) is 0 Å². The van der Waals surface area contributed by atoms with Crippen LogP contribution < -0.4 is 10.1 Å². The third kappa shape index (κ3) is 3.28. The van der Waals surface area contributed by atoms with Gasteiger partial charge in [-0.15, -0.1) is 0 Å². The normalized spacial score (nSPS) is 16.3. The topological polar surface area (TPSA) is 65.4 Å². The van der Waals surface area contributed by atoms with E-state index >= 15 is 0 Å². The number of nitrogens with zero attached hydrogens (tertiary/aromatic N) is 2. The Bertz CT molecular complexity index is 921. The molecule has 2 heterocycles. The van der Waals surface area contributed by atoms with Crippen molar-refractivity contribution in [2.45, 2.75) is 19.1 Å². The summed E-state index contributed by atoms with van der Waals surface area (Å²) >= 11 is 0. The summed E-state index contributed by atoms with van der Waals surface area (Å²) in [6, 6.07) is 15.6. The van der Waals surface area contributed by atoms with Crippen LogP contribution in [0.1, 0.15) is 17.4 Å². The number of fused-ring (bicyclic) bond motifs is 3. The van der Waals surface area contributed by atoms with E-state index in [1.165, 1.54) is 0 Å². The Balaban J connectivity index is 1.51. The first-order chi connectivity index (χ1) is 12.7. The van der Waals surface area contributed by atoms with Crippen molar-refractivity contribution in [1.82, 2.24) is 14.9 Å². The molecule has 0 saturated heterocycles. The molecular formula is C20H21N3O3. The van der Waals surface area contributed by atoms with E-state index in [0.29, 0.717) is 26.2 Å². The predicted molar refractivity (Wildman–Crippen MR) is 98.1 cm³/mol. The maximum absolute atomic E-state index is 12.3. The number of hydrogen-bond donors (Lipinski definition) is 1. The second-order valence-electron chi connectivity index (χ2n) is 6.39. The van der Waals surface area contributed by atoms with Gasteiger partial charge in [0.2, 0.25) is 5.91 Å². The molecule has 0 fully saturated rings. The van der Waals surface area contributed by atoms with Crippen LogP contribution in [0.5, 0.6) is 5.75 Å². The number of imidazole rings is 1. The predicted octanol–water partition coefficient (Wildman–Crippen LogP) is 2.48. The molecule has 6 heteroatoms. The highest BCUT2D eigenvalue weighted by Crippen LogP contribution is 2.28. The van der Waals surface area contributed by atoms with Crippen molar-refractivity contribution in [3.63, 3.8) is 0 Å². The van der Waals surface area contributed by atoms with Crippen molar-refractivity contribution in [1.29, 1.82) is 0 Å². The quantitative estimate of drug-likeness (QED) is 0.767. The number of carbonyl (C=O) groups excluding carboxylic acids is 1. The number of aromatic nitrogens is 2. The number of ether oxygens (including phenoxy) is 2. The molecule has 0 bridgehead atoms. The summed E-state index contributed by atoms with van der Waals surface area (Å²) < 4.78 is 13.2. The molecule has 134 valence electrons. The van der Waals surface area contributed by atoms with Crippen LogP contribution in [0.15, 0.2) is 48.5 Å². The number of nitrogens with one attached hydrogen (secondary N) is 1. The molecular weight excluding hydrogens is 330 g/mol. The van der Waals surface area contributed by atoms with Crippen molar-refractivity contribution in [2.24, 2.45) is 0 Å². The molecule has 1 aromatic heterocycles. The van der Waals surface area contributed by atoms with E-state index in [9.17, 15) is 4.79 Å². The molecule has 0 unspecified atom stereocenters.